The summed E-state index contributed by atoms with van der Waals surface area (Å²) in [4.78, 5) is 9.27. The van der Waals surface area contributed by atoms with Gasteiger partial charge in [0.25, 0.3) is 0 Å². The van der Waals surface area contributed by atoms with Gasteiger partial charge in [-0.05, 0) is 32.6 Å². The van der Waals surface area contributed by atoms with Gasteiger partial charge in [-0.2, -0.15) is 0 Å². The molecule has 0 spiro atoms. The normalized spacial score (nSPS) is 20.3. The van der Waals surface area contributed by atoms with Crippen molar-refractivity contribution in [2.75, 3.05) is 30.4 Å². The van der Waals surface area contributed by atoms with Gasteiger partial charge >= 0.3 is 0 Å². The molecule has 2 heterocycles. The quantitative estimate of drug-likeness (QED) is 0.853. The van der Waals surface area contributed by atoms with E-state index in [1.54, 1.807) is 0 Å². The second-order valence-corrected chi connectivity index (χ2v) is 5.46. The molecule has 1 saturated heterocycles. The average Bonchev–Trinajstić information content (AvgIpc) is 3.24. The van der Waals surface area contributed by atoms with E-state index in [9.17, 15) is 0 Å². The Hall–Kier alpha value is -1.36. The maximum atomic E-state index is 4.67. The monoisotopic (exact) mass is 261 g/mol. The maximum absolute atomic E-state index is 4.67. The number of piperidine rings is 1. The molecule has 3 rings (SSSR count). The Labute approximate surface area is 114 Å². The predicted molar refractivity (Wildman–Crippen MR) is 77.2 cm³/mol. The van der Waals surface area contributed by atoms with E-state index in [0.717, 1.165) is 37.1 Å². The van der Waals surface area contributed by atoms with Crippen molar-refractivity contribution in [3.05, 3.63) is 11.9 Å². The molecule has 104 valence electrons. The first-order valence-electron chi connectivity index (χ1n) is 7.49. The lowest BCUT2D eigenvalue weighted by Gasteiger charge is -2.27. The van der Waals surface area contributed by atoms with E-state index in [-0.39, 0.29) is 0 Å². The molecule has 1 aliphatic carbocycles. The SMILES string of the molecule is CCNc1cc(NN2CCCCC2)nc(C2CC2)n1. The van der Waals surface area contributed by atoms with Crippen molar-refractivity contribution in [3.63, 3.8) is 0 Å². The third-order valence-electron chi connectivity index (χ3n) is 3.67. The molecule has 2 fully saturated rings. The summed E-state index contributed by atoms with van der Waals surface area (Å²) < 4.78 is 0. The summed E-state index contributed by atoms with van der Waals surface area (Å²) in [6.07, 6.45) is 6.36. The van der Waals surface area contributed by atoms with Crippen molar-refractivity contribution >= 4 is 11.6 Å². The number of hydrogen-bond donors (Lipinski definition) is 2. The van der Waals surface area contributed by atoms with Gasteiger partial charge in [-0.15, -0.1) is 0 Å². The van der Waals surface area contributed by atoms with Gasteiger partial charge in [-0.1, -0.05) is 6.42 Å². The fraction of sp³-hybridized carbons (Fsp3) is 0.714. The van der Waals surface area contributed by atoms with Crippen LogP contribution in [0, 0.1) is 0 Å². The van der Waals surface area contributed by atoms with Crippen LogP contribution >= 0.6 is 0 Å². The first-order valence-corrected chi connectivity index (χ1v) is 7.49. The van der Waals surface area contributed by atoms with Crippen LogP contribution in [0.15, 0.2) is 6.07 Å². The highest BCUT2D eigenvalue weighted by Gasteiger charge is 2.27. The number of anilines is 2. The second-order valence-electron chi connectivity index (χ2n) is 5.46. The lowest BCUT2D eigenvalue weighted by atomic mass is 10.2. The van der Waals surface area contributed by atoms with Crippen LogP contribution in [0.2, 0.25) is 0 Å². The minimum atomic E-state index is 0.584. The van der Waals surface area contributed by atoms with Gasteiger partial charge in [0.2, 0.25) is 0 Å². The molecule has 0 aromatic carbocycles. The van der Waals surface area contributed by atoms with E-state index in [2.05, 4.69) is 32.6 Å². The number of nitrogens with one attached hydrogen (secondary N) is 2. The van der Waals surface area contributed by atoms with Gasteiger partial charge in [-0.25, -0.2) is 15.0 Å². The molecule has 5 heteroatoms. The highest BCUT2D eigenvalue weighted by atomic mass is 15.5. The summed E-state index contributed by atoms with van der Waals surface area (Å²) in [7, 11) is 0. The molecule has 0 atom stereocenters. The number of hydrogen-bond acceptors (Lipinski definition) is 5. The highest BCUT2D eigenvalue weighted by Crippen LogP contribution is 2.38. The van der Waals surface area contributed by atoms with E-state index < -0.39 is 0 Å². The Morgan fingerprint density at radius 2 is 1.89 bits per heavy atom. The lowest BCUT2D eigenvalue weighted by Crippen LogP contribution is -2.35. The fourth-order valence-electron chi connectivity index (χ4n) is 2.49. The Kier molecular flexibility index (Phi) is 3.82. The molecule has 1 saturated carbocycles. The molecule has 1 aliphatic heterocycles. The summed E-state index contributed by atoms with van der Waals surface area (Å²) >= 11 is 0. The second kappa shape index (κ2) is 5.74. The average molecular weight is 261 g/mol. The molecule has 0 bridgehead atoms. The summed E-state index contributed by atoms with van der Waals surface area (Å²) in [6.45, 7) is 5.21. The Bertz CT molecular complexity index is 424. The number of hydrazine groups is 1. The maximum Gasteiger partial charge on any atom is 0.146 e. The van der Waals surface area contributed by atoms with Crippen molar-refractivity contribution in [1.82, 2.24) is 15.0 Å². The van der Waals surface area contributed by atoms with Crippen molar-refractivity contribution in [2.45, 2.75) is 44.9 Å². The standard InChI is InChI=1S/C14H23N5/c1-2-15-12-10-13(17-14(16-12)11-6-7-11)18-19-8-4-3-5-9-19/h10-11H,2-9H2,1H3,(H2,15,16,17,18). The third-order valence-corrected chi connectivity index (χ3v) is 3.67. The Morgan fingerprint density at radius 1 is 1.16 bits per heavy atom. The molecule has 1 aromatic rings. The van der Waals surface area contributed by atoms with Crippen molar-refractivity contribution in [3.8, 4) is 0 Å². The van der Waals surface area contributed by atoms with E-state index >= 15 is 0 Å². The van der Waals surface area contributed by atoms with E-state index in [1.165, 1.54) is 32.1 Å². The molecule has 0 radical (unpaired) electrons. The molecule has 19 heavy (non-hydrogen) atoms. The number of aromatic nitrogens is 2. The molecular formula is C14H23N5. The molecule has 5 nitrogen and oxygen atoms in total. The summed E-state index contributed by atoms with van der Waals surface area (Å²) in [5.41, 5.74) is 3.44. The van der Waals surface area contributed by atoms with Gasteiger partial charge in [0.1, 0.15) is 17.5 Å². The van der Waals surface area contributed by atoms with E-state index in [4.69, 9.17) is 0 Å². The van der Waals surface area contributed by atoms with Gasteiger partial charge in [0, 0.05) is 31.6 Å². The van der Waals surface area contributed by atoms with Crippen LogP contribution in [-0.4, -0.2) is 34.6 Å². The third kappa shape index (κ3) is 3.35. The zero-order valence-corrected chi connectivity index (χ0v) is 11.7. The van der Waals surface area contributed by atoms with Crippen molar-refractivity contribution in [1.29, 1.82) is 0 Å². The topological polar surface area (TPSA) is 53.1 Å². The zero-order valence-electron chi connectivity index (χ0n) is 11.7. The van der Waals surface area contributed by atoms with E-state index in [0.29, 0.717) is 5.92 Å². The smallest absolute Gasteiger partial charge is 0.146 e. The zero-order chi connectivity index (χ0) is 13.1. The van der Waals surface area contributed by atoms with Crippen molar-refractivity contribution in [2.24, 2.45) is 0 Å². The van der Waals surface area contributed by atoms with Crippen LogP contribution in [0.5, 0.6) is 0 Å². The largest absolute Gasteiger partial charge is 0.370 e. The molecule has 0 unspecified atom stereocenters. The van der Waals surface area contributed by atoms with Crippen LogP contribution in [-0.2, 0) is 0 Å². The Balaban J connectivity index is 1.74. The lowest BCUT2D eigenvalue weighted by molar-refractivity contribution is 0.272. The van der Waals surface area contributed by atoms with Crippen LogP contribution < -0.4 is 10.7 Å². The molecule has 2 aliphatic rings. The Morgan fingerprint density at radius 3 is 2.58 bits per heavy atom. The van der Waals surface area contributed by atoms with Crippen LogP contribution in [0.3, 0.4) is 0 Å². The van der Waals surface area contributed by atoms with Crippen LogP contribution in [0.1, 0.15) is 50.8 Å². The number of rotatable bonds is 5. The van der Waals surface area contributed by atoms with E-state index in [1.807, 2.05) is 6.07 Å². The van der Waals surface area contributed by atoms with Gasteiger partial charge in [0.05, 0.1) is 0 Å². The van der Waals surface area contributed by atoms with Gasteiger partial charge in [0.15, 0.2) is 0 Å². The number of nitrogens with zero attached hydrogens (tertiary/aromatic N) is 3. The molecule has 0 amide bonds. The predicted octanol–water partition coefficient (Wildman–Crippen LogP) is 2.60. The summed E-state index contributed by atoms with van der Waals surface area (Å²) in [6, 6.07) is 2.02. The molecule has 2 N–H and O–H groups in total. The first kappa shape index (κ1) is 12.7. The van der Waals surface area contributed by atoms with Crippen LogP contribution in [0.25, 0.3) is 0 Å². The highest BCUT2D eigenvalue weighted by molar-refractivity contribution is 5.47. The van der Waals surface area contributed by atoms with Crippen LogP contribution in [0.4, 0.5) is 11.6 Å². The summed E-state index contributed by atoms with van der Waals surface area (Å²) in [5.74, 6) is 3.46. The minimum Gasteiger partial charge on any atom is -0.370 e. The minimum absolute atomic E-state index is 0.584. The molecular weight excluding hydrogens is 238 g/mol. The molecule has 1 aromatic heterocycles. The summed E-state index contributed by atoms with van der Waals surface area (Å²) in [5, 5.41) is 5.57. The van der Waals surface area contributed by atoms with Crippen molar-refractivity contribution < 1.29 is 0 Å². The van der Waals surface area contributed by atoms with Gasteiger partial charge < -0.3 is 10.7 Å². The fourth-order valence-corrected chi connectivity index (χ4v) is 2.49. The van der Waals surface area contributed by atoms with Gasteiger partial charge in [-0.3, -0.25) is 0 Å². The first-order chi connectivity index (χ1) is 9.35.